The van der Waals surface area contributed by atoms with Crippen LogP contribution in [0.4, 0.5) is 8.78 Å². The maximum atomic E-state index is 13.2. The predicted molar refractivity (Wildman–Crippen MR) is 61.4 cm³/mol. The first-order chi connectivity index (χ1) is 8.16. The molecule has 0 unspecified atom stereocenters. The third-order valence-corrected chi connectivity index (χ3v) is 3.59. The lowest BCUT2D eigenvalue weighted by molar-refractivity contribution is 0.466. The standard InChI is InChI=1S/C14H15F2N/c15-12-7-11(8-13(16)9-12)14(10-17)5-3-1-2-4-6-14/h7-9H,1-6H2. The highest BCUT2D eigenvalue weighted by molar-refractivity contribution is 5.33. The molecule has 3 heteroatoms. The molecule has 0 bridgehead atoms. The van der Waals surface area contributed by atoms with E-state index in [1.54, 1.807) is 0 Å². The summed E-state index contributed by atoms with van der Waals surface area (Å²) < 4.78 is 26.5. The summed E-state index contributed by atoms with van der Waals surface area (Å²) >= 11 is 0. The molecule has 90 valence electrons. The molecule has 0 spiro atoms. The molecule has 17 heavy (non-hydrogen) atoms. The molecule has 0 N–H and O–H groups in total. The second-order valence-corrected chi connectivity index (χ2v) is 4.77. The number of hydrogen-bond donors (Lipinski definition) is 0. The van der Waals surface area contributed by atoms with Crippen LogP contribution in [0.25, 0.3) is 0 Å². The van der Waals surface area contributed by atoms with Crippen LogP contribution in [0.15, 0.2) is 18.2 Å². The summed E-state index contributed by atoms with van der Waals surface area (Å²) in [6, 6.07) is 5.75. The Hall–Kier alpha value is -1.43. The maximum absolute atomic E-state index is 13.2. The Morgan fingerprint density at radius 2 is 1.47 bits per heavy atom. The van der Waals surface area contributed by atoms with Gasteiger partial charge in [-0.3, -0.25) is 0 Å². The van der Waals surface area contributed by atoms with Crippen LogP contribution in [0.5, 0.6) is 0 Å². The zero-order valence-corrected chi connectivity index (χ0v) is 9.68. The van der Waals surface area contributed by atoms with Crippen LogP contribution in [-0.2, 0) is 5.41 Å². The molecule has 1 saturated carbocycles. The van der Waals surface area contributed by atoms with Gasteiger partial charge in [0.15, 0.2) is 0 Å². The first kappa shape index (κ1) is 12.0. The van der Waals surface area contributed by atoms with Crippen molar-refractivity contribution in [2.45, 2.75) is 43.9 Å². The fourth-order valence-corrected chi connectivity index (χ4v) is 2.63. The normalized spacial score (nSPS) is 19.4. The van der Waals surface area contributed by atoms with Gasteiger partial charge in [0, 0.05) is 6.07 Å². The maximum Gasteiger partial charge on any atom is 0.126 e. The van der Waals surface area contributed by atoms with E-state index < -0.39 is 17.0 Å². The summed E-state index contributed by atoms with van der Waals surface area (Å²) in [5, 5.41) is 9.41. The first-order valence-electron chi connectivity index (χ1n) is 6.04. The van der Waals surface area contributed by atoms with Crippen molar-refractivity contribution in [1.29, 1.82) is 5.26 Å². The second-order valence-electron chi connectivity index (χ2n) is 4.77. The summed E-state index contributed by atoms with van der Waals surface area (Å²) in [7, 11) is 0. The lowest BCUT2D eigenvalue weighted by atomic mass is 9.75. The highest BCUT2D eigenvalue weighted by Gasteiger charge is 2.33. The van der Waals surface area contributed by atoms with Crippen molar-refractivity contribution in [3.8, 4) is 6.07 Å². The highest BCUT2D eigenvalue weighted by atomic mass is 19.1. The molecule has 0 atom stereocenters. The van der Waals surface area contributed by atoms with Gasteiger partial charge in [-0.2, -0.15) is 5.26 Å². The third kappa shape index (κ3) is 2.46. The first-order valence-corrected chi connectivity index (χ1v) is 6.04. The van der Waals surface area contributed by atoms with Gasteiger partial charge < -0.3 is 0 Å². The number of benzene rings is 1. The molecule has 2 rings (SSSR count). The van der Waals surface area contributed by atoms with Gasteiger partial charge in [-0.15, -0.1) is 0 Å². The fraction of sp³-hybridized carbons (Fsp3) is 0.500. The molecular weight excluding hydrogens is 220 g/mol. The number of halogens is 2. The van der Waals surface area contributed by atoms with Gasteiger partial charge in [0.1, 0.15) is 11.6 Å². The molecule has 1 aliphatic rings. The zero-order valence-electron chi connectivity index (χ0n) is 9.68. The van der Waals surface area contributed by atoms with Crippen LogP contribution in [0.3, 0.4) is 0 Å². The van der Waals surface area contributed by atoms with Crippen molar-refractivity contribution in [1.82, 2.24) is 0 Å². The minimum absolute atomic E-state index is 0.499. The van der Waals surface area contributed by atoms with Gasteiger partial charge in [-0.25, -0.2) is 8.78 Å². The summed E-state index contributed by atoms with van der Waals surface area (Å²) in [6.07, 6.45) is 5.50. The summed E-state index contributed by atoms with van der Waals surface area (Å²) in [5.74, 6) is -1.20. The summed E-state index contributed by atoms with van der Waals surface area (Å²) in [6.45, 7) is 0. The van der Waals surface area contributed by atoms with Gasteiger partial charge >= 0.3 is 0 Å². The van der Waals surface area contributed by atoms with Gasteiger partial charge in [-0.05, 0) is 30.5 Å². The second kappa shape index (κ2) is 4.83. The molecule has 0 aromatic heterocycles. The van der Waals surface area contributed by atoms with E-state index in [4.69, 9.17) is 0 Å². The van der Waals surface area contributed by atoms with Crippen LogP contribution < -0.4 is 0 Å². The van der Waals surface area contributed by atoms with E-state index in [-0.39, 0.29) is 0 Å². The third-order valence-electron chi connectivity index (χ3n) is 3.59. The Morgan fingerprint density at radius 3 is 1.94 bits per heavy atom. The number of rotatable bonds is 1. The van der Waals surface area contributed by atoms with Gasteiger partial charge in [-0.1, -0.05) is 25.7 Å². The van der Waals surface area contributed by atoms with E-state index in [0.717, 1.165) is 31.7 Å². The van der Waals surface area contributed by atoms with E-state index in [2.05, 4.69) is 6.07 Å². The molecule has 0 saturated heterocycles. The smallest absolute Gasteiger partial charge is 0.126 e. The van der Waals surface area contributed by atoms with Crippen LogP contribution >= 0.6 is 0 Å². The quantitative estimate of drug-likeness (QED) is 0.673. The molecule has 1 aliphatic carbocycles. The molecule has 0 amide bonds. The predicted octanol–water partition coefficient (Wildman–Crippen LogP) is 4.08. The SMILES string of the molecule is N#CC1(c2cc(F)cc(F)c2)CCCCCC1. The van der Waals surface area contributed by atoms with E-state index in [0.29, 0.717) is 18.4 Å². The number of nitriles is 1. The van der Waals surface area contributed by atoms with E-state index >= 15 is 0 Å². The minimum atomic E-state index is -0.695. The van der Waals surface area contributed by atoms with Crippen LogP contribution in [0, 0.1) is 23.0 Å². The average molecular weight is 235 g/mol. The summed E-state index contributed by atoms with van der Waals surface area (Å²) in [4.78, 5) is 0. The molecular formula is C14H15F2N. The lowest BCUT2D eigenvalue weighted by Crippen LogP contribution is -2.23. The molecule has 0 radical (unpaired) electrons. The molecule has 1 fully saturated rings. The monoisotopic (exact) mass is 235 g/mol. The van der Waals surface area contributed by atoms with E-state index in [1.165, 1.54) is 12.1 Å². The number of nitrogens with zero attached hydrogens (tertiary/aromatic N) is 1. The lowest BCUT2D eigenvalue weighted by Gasteiger charge is -2.25. The van der Waals surface area contributed by atoms with Crippen molar-refractivity contribution in [2.75, 3.05) is 0 Å². The largest absolute Gasteiger partial charge is 0.207 e. The Morgan fingerprint density at radius 1 is 0.941 bits per heavy atom. The Bertz CT molecular complexity index is 420. The topological polar surface area (TPSA) is 23.8 Å². The fourth-order valence-electron chi connectivity index (χ4n) is 2.63. The molecule has 0 heterocycles. The Balaban J connectivity index is 2.42. The van der Waals surface area contributed by atoms with Crippen molar-refractivity contribution >= 4 is 0 Å². The average Bonchev–Trinajstić information content (AvgIpc) is 2.53. The van der Waals surface area contributed by atoms with Crippen molar-refractivity contribution < 1.29 is 8.78 Å². The van der Waals surface area contributed by atoms with Gasteiger partial charge in [0.25, 0.3) is 0 Å². The number of hydrogen-bond acceptors (Lipinski definition) is 1. The Kier molecular flexibility index (Phi) is 3.42. The van der Waals surface area contributed by atoms with Crippen molar-refractivity contribution in [2.24, 2.45) is 0 Å². The van der Waals surface area contributed by atoms with Crippen molar-refractivity contribution in [3.05, 3.63) is 35.4 Å². The van der Waals surface area contributed by atoms with Crippen LogP contribution in [-0.4, -0.2) is 0 Å². The molecule has 0 aliphatic heterocycles. The zero-order chi connectivity index (χ0) is 12.3. The molecule has 1 aromatic carbocycles. The van der Waals surface area contributed by atoms with Crippen LogP contribution in [0.2, 0.25) is 0 Å². The molecule has 1 aromatic rings. The minimum Gasteiger partial charge on any atom is -0.207 e. The van der Waals surface area contributed by atoms with Crippen molar-refractivity contribution in [3.63, 3.8) is 0 Å². The summed E-state index contributed by atoms with van der Waals surface area (Å²) in [5.41, 5.74) is -0.196. The highest BCUT2D eigenvalue weighted by Crippen LogP contribution is 2.38. The van der Waals surface area contributed by atoms with Gasteiger partial charge in [0.05, 0.1) is 11.5 Å². The Labute approximate surface area is 100 Å². The van der Waals surface area contributed by atoms with Crippen LogP contribution in [0.1, 0.15) is 44.1 Å². The van der Waals surface area contributed by atoms with E-state index in [9.17, 15) is 14.0 Å². The molecule has 1 nitrogen and oxygen atoms in total. The van der Waals surface area contributed by atoms with Gasteiger partial charge in [0.2, 0.25) is 0 Å². The van der Waals surface area contributed by atoms with E-state index in [1.807, 2.05) is 0 Å².